The van der Waals surface area contributed by atoms with Gasteiger partial charge in [-0.3, -0.25) is 0 Å². The zero-order chi connectivity index (χ0) is 26.5. The van der Waals surface area contributed by atoms with Crippen LogP contribution in [-0.2, 0) is 0 Å². The fourth-order valence-corrected chi connectivity index (χ4v) is 3.51. The molecule has 200 valence electrons. The Balaban J connectivity index is 0.000000451. The van der Waals surface area contributed by atoms with Gasteiger partial charge in [-0.15, -0.1) is 0 Å². The molecule has 0 heterocycles. The van der Waals surface area contributed by atoms with E-state index in [1.807, 2.05) is 13.0 Å². The van der Waals surface area contributed by atoms with Crippen molar-refractivity contribution in [2.24, 2.45) is 11.8 Å². The molecule has 1 saturated carbocycles. The van der Waals surface area contributed by atoms with Crippen LogP contribution in [0.5, 0.6) is 0 Å². The van der Waals surface area contributed by atoms with Gasteiger partial charge in [0.05, 0.1) is 0 Å². The minimum Gasteiger partial charge on any atom is -0.207 e. The van der Waals surface area contributed by atoms with Gasteiger partial charge in [0.1, 0.15) is 17.5 Å². The molecule has 0 N–H and O–H groups in total. The molecule has 1 aliphatic rings. The van der Waals surface area contributed by atoms with Gasteiger partial charge in [-0.05, 0) is 93.8 Å². The number of aryl methyl sites for hydroxylation is 6. The quantitative estimate of drug-likeness (QED) is 0.288. The lowest BCUT2D eigenvalue weighted by atomic mass is 9.84. The van der Waals surface area contributed by atoms with E-state index in [4.69, 9.17) is 0 Å². The highest BCUT2D eigenvalue weighted by molar-refractivity contribution is 5.24. The van der Waals surface area contributed by atoms with Gasteiger partial charge in [0.25, 0.3) is 0 Å². The van der Waals surface area contributed by atoms with Gasteiger partial charge >= 0.3 is 0 Å². The summed E-state index contributed by atoms with van der Waals surface area (Å²) in [6.45, 7) is 15.6. The van der Waals surface area contributed by atoms with E-state index in [-0.39, 0.29) is 24.9 Å². The molecule has 3 aromatic carbocycles. The summed E-state index contributed by atoms with van der Waals surface area (Å²) in [5.74, 6) is 1.23. The maximum absolute atomic E-state index is 12.6. The Morgan fingerprint density at radius 2 is 0.778 bits per heavy atom. The first-order valence-corrected chi connectivity index (χ1v) is 12.6. The minimum atomic E-state index is -0.348. The summed E-state index contributed by atoms with van der Waals surface area (Å²) in [6, 6.07) is 16.1. The second-order valence-corrected chi connectivity index (χ2v) is 10.1. The number of hydrogen-bond acceptors (Lipinski definition) is 0. The average molecular weight is 501 g/mol. The summed E-state index contributed by atoms with van der Waals surface area (Å²) >= 11 is 0. The van der Waals surface area contributed by atoms with Crippen LogP contribution in [0.15, 0.2) is 54.6 Å². The Hall–Kier alpha value is -2.55. The fourth-order valence-electron chi connectivity index (χ4n) is 3.51. The van der Waals surface area contributed by atoms with Crippen molar-refractivity contribution in [1.82, 2.24) is 0 Å². The lowest BCUT2D eigenvalue weighted by Crippen LogP contribution is -2.08. The van der Waals surface area contributed by atoms with Crippen molar-refractivity contribution in [2.75, 3.05) is 0 Å². The molecule has 0 radical (unpaired) electrons. The maximum Gasteiger partial charge on any atom is 0.126 e. The van der Waals surface area contributed by atoms with Gasteiger partial charge in [-0.1, -0.05) is 94.5 Å². The van der Waals surface area contributed by atoms with Gasteiger partial charge < -0.3 is 0 Å². The second kappa shape index (κ2) is 17.0. The Kier molecular flexibility index (Phi) is 15.8. The van der Waals surface area contributed by atoms with Gasteiger partial charge in [0.15, 0.2) is 0 Å². The molecular formula is C33H47F3. The van der Waals surface area contributed by atoms with Crippen LogP contribution in [-0.4, -0.2) is 0 Å². The van der Waals surface area contributed by atoms with Crippen LogP contribution in [0.2, 0.25) is 0 Å². The van der Waals surface area contributed by atoms with E-state index in [2.05, 4.69) is 52.0 Å². The molecular weight excluding hydrogens is 453 g/mol. The molecule has 0 saturated heterocycles. The van der Waals surface area contributed by atoms with E-state index in [9.17, 15) is 13.2 Å². The van der Waals surface area contributed by atoms with Gasteiger partial charge in [0.2, 0.25) is 0 Å². The van der Waals surface area contributed by atoms with Crippen LogP contribution in [0.25, 0.3) is 0 Å². The molecule has 0 aromatic heterocycles. The molecule has 0 atom stereocenters. The van der Waals surface area contributed by atoms with E-state index in [1.165, 1.54) is 68.9 Å². The summed E-state index contributed by atoms with van der Waals surface area (Å²) in [4.78, 5) is 0. The van der Waals surface area contributed by atoms with Crippen molar-refractivity contribution < 1.29 is 13.2 Å². The molecule has 0 aliphatic heterocycles. The van der Waals surface area contributed by atoms with Gasteiger partial charge in [0, 0.05) is 0 Å². The zero-order valence-electron chi connectivity index (χ0n) is 22.8. The van der Waals surface area contributed by atoms with Crippen molar-refractivity contribution in [2.45, 2.75) is 88.5 Å². The van der Waals surface area contributed by atoms with Crippen LogP contribution in [0, 0.1) is 70.8 Å². The molecule has 0 amide bonds. The normalized spacial score (nSPS) is 16.1. The molecule has 0 spiro atoms. The monoisotopic (exact) mass is 500 g/mol. The van der Waals surface area contributed by atoms with Crippen LogP contribution in [0.1, 0.15) is 80.3 Å². The van der Waals surface area contributed by atoms with Crippen molar-refractivity contribution in [1.29, 1.82) is 0 Å². The Labute approximate surface area is 219 Å². The van der Waals surface area contributed by atoms with Gasteiger partial charge in [-0.25, -0.2) is 13.2 Å². The third-order valence-corrected chi connectivity index (χ3v) is 6.29. The predicted octanol–water partition coefficient (Wildman–Crippen LogP) is 10.8. The molecule has 0 unspecified atom stereocenters. The smallest absolute Gasteiger partial charge is 0.126 e. The average Bonchev–Trinajstić information content (AvgIpc) is 2.80. The largest absolute Gasteiger partial charge is 0.207 e. The Morgan fingerprint density at radius 1 is 0.472 bits per heavy atom. The maximum atomic E-state index is 12.6. The highest BCUT2D eigenvalue weighted by Gasteiger charge is 2.13. The predicted molar refractivity (Wildman–Crippen MR) is 151 cm³/mol. The van der Waals surface area contributed by atoms with E-state index >= 15 is 0 Å². The first-order chi connectivity index (χ1) is 16.4. The molecule has 0 bridgehead atoms. The van der Waals surface area contributed by atoms with Crippen molar-refractivity contribution in [3.63, 3.8) is 0 Å². The zero-order valence-corrected chi connectivity index (χ0v) is 22.8. The SMILES string of the molecule is C.CC1CCC(C)CC1.Cc1cc(F)c(C)cc1F.Cc1ccc(C)c(F)c1.Cc1ccc(C)cc1. The fraction of sp³-hybridized carbons (Fsp3) is 0.455. The van der Waals surface area contributed by atoms with E-state index in [0.717, 1.165) is 17.4 Å². The third-order valence-electron chi connectivity index (χ3n) is 6.29. The molecule has 36 heavy (non-hydrogen) atoms. The van der Waals surface area contributed by atoms with E-state index < -0.39 is 0 Å². The summed E-state index contributed by atoms with van der Waals surface area (Å²) in [5, 5.41) is 0. The standard InChI is InChI=1S/C8H8F2.C8H9F.C8H16.C8H10.CH4/c1-5-3-8(10)6(2)4-7(5)9;1-6-3-4-7(2)8(9)5-6;2*1-7-3-5-8(2)6-4-7;/h3-4H,1-2H3;3-5H,1-2H3;7-8H,3-6H2,1-2H3;3-6H,1-2H3;1H4. The molecule has 3 heteroatoms. The summed E-state index contributed by atoms with van der Waals surface area (Å²) in [5.41, 5.74) is 5.04. The first kappa shape index (κ1) is 33.4. The lowest BCUT2D eigenvalue weighted by Gasteiger charge is -2.22. The van der Waals surface area contributed by atoms with Crippen molar-refractivity contribution in [3.05, 3.63) is 105 Å². The summed E-state index contributed by atoms with van der Waals surface area (Å²) < 4.78 is 37.8. The molecule has 1 aliphatic carbocycles. The lowest BCUT2D eigenvalue weighted by molar-refractivity contribution is 0.308. The summed E-state index contributed by atoms with van der Waals surface area (Å²) in [6.07, 6.45) is 5.89. The highest BCUT2D eigenvalue weighted by Crippen LogP contribution is 2.27. The number of halogens is 3. The van der Waals surface area contributed by atoms with Crippen LogP contribution >= 0.6 is 0 Å². The molecule has 1 fully saturated rings. The second-order valence-electron chi connectivity index (χ2n) is 10.1. The number of rotatable bonds is 0. The Bertz CT molecular complexity index is 933. The highest BCUT2D eigenvalue weighted by atomic mass is 19.1. The van der Waals surface area contributed by atoms with E-state index in [1.54, 1.807) is 13.0 Å². The van der Waals surface area contributed by atoms with E-state index in [0.29, 0.717) is 16.7 Å². The first-order valence-electron chi connectivity index (χ1n) is 12.6. The summed E-state index contributed by atoms with van der Waals surface area (Å²) in [7, 11) is 0. The molecule has 0 nitrogen and oxygen atoms in total. The van der Waals surface area contributed by atoms with Crippen LogP contribution in [0.4, 0.5) is 13.2 Å². The van der Waals surface area contributed by atoms with Gasteiger partial charge in [-0.2, -0.15) is 0 Å². The number of benzene rings is 3. The Morgan fingerprint density at radius 3 is 1.08 bits per heavy atom. The third kappa shape index (κ3) is 13.5. The number of hydrogen-bond donors (Lipinski definition) is 0. The minimum absolute atomic E-state index is 0. The van der Waals surface area contributed by atoms with Crippen LogP contribution in [0.3, 0.4) is 0 Å². The van der Waals surface area contributed by atoms with Crippen molar-refractivity contribution >= 4 is 0 Å². The molecule has 3 aromatic rings. The molecule has 4 rings (SSSR count). The topological polar surface area (TPSA) is 0 Å². The van der Waals surface area contributed by atoms with Crippen molar-refractivity contribution in [3.8, 4) is 0 Å². The van der Waals surface area contributed by atoms with Crippen LogP contribution < -0.4 is 0 Å².